The number of rotatable bonds is 6. The third-order valence-corrected chi connectivity index (χ3v) is 4.77. The fourth-order valence-electron chi connectivity index (χ4n) is 2.99. The summed E-state index contributed by atoms with van der Waals surface area (Å²) >= 11 is 0. The molecule has 0 bridgehead atoms. The van der Waals surface area contributed by atoms with Gasteiger partial charge in [-0.15, -0.1) is 0 Å². The number of hydrogen-bond donors (Lipinski definition) is 3. The first-order chi connectivity index (χ1) is 12.0. The summed E-state index contributed by atoms with van der Waals surface area (Å²) in [6, 6.07) is 13.5. The molecule has 1 unspecified atom stereocenters. The second-order valence-corrected chi connectivity index (χ2v) is 6.90. The van der Waals surface area contributed by atoms with Crippen LogP contribution in [0.15, 0.2) is 48.7 Å². The molecule has 5 heteroatoms. The summed E-state index contributed by atoms with van der Waals surface area (Å²) in [5.41, 5.74) is 2.44. The van der Waals surface area contributed by atoms with E-state index < -0.39 is 5.60 Å². The molecular formula is C20H25N3O2. The second kappa shape index (κ2) is 7.66. The molecule has 25 heavy (non-hydrogen) atoms. The van der Waals surface area contributed by atoms with Crippen LogP contribution < -0.4 is 10.6 Å². The number of hydrogen-bond acceptors (Lipinski definition) is 3. The molecule has 2 aromatic rings. The average Bonchev–Trinajstić information content (AvgIpc) is 2.60. The number of aryl methyl sites for hydroxylation is 1. The third-order valence-electron chi connectivity index (χ3n) is 4.77. The highest BCUT2D eigenvalue weighted by atomic mass is 16.3. The Hall–Kier alpha value is -2.40. The van der Waals surface area contributed by atoms with Crippen LogP contribution in [-0.4, -0.2) is 28.3 Å². The van der Waals surface area contributed by atoms with Crippen LogP contribution in [0.25, 0.3) is 0 Å². The summed E-state index contributed by atoms with van der Waals surface area (Å²) in [6.45, 7) is 2.34. The number of aromatic nitrogens is 1. The first-order valence-corrected chi connectivity index (χ1v) is 8.77. The molecule has 0 spiro atoms. The number of carbonyl (C=O) groups is 1. The molecule has 0 radical (unpaired) electrons. The number of benzene rings is 1. The number of nitrogens with one attached hydrogen (secondary N) is 2. The van der Waals surface area contributed by atoms with Crippen LogP contribution in [0.2, 0.25) is 0 Å². The van der Waals surface area contributed by atoms with E-state index in [4.69, 9.17) is 0 Å². The smallest absolute Gasteiger partial charge is 0.315 e. The van der Waals surface area contributed by atoms with E-state index in [-0.39, 0.29) is 18.6 Å². The molecule has 5 nitrogen and oxygen atoms in total. The topological polar surface area (TPSA) is 74.2 Å². The molecule has 1 fully saturated rings. The van der Waals surface area contributed by atoms with E-state index in [2.05, 4.69) is 46.8 Å². The van der Waals surface area contributed by atoms with Gasteiger partial charge in [0, 0.05) is 12.7 Å². The molecule has 1 saturated carbocycles. The van der Waals surface area contributed by atoms with E-state index in [1.807, 2.05) is 18.2 Å². The summed E-state index contributed by atoms with van der Waals surface area (Å²) < 4.78 is 0. The predicted molar refractivity (Wildman–Crippen MR) is 97.2 cm³/mol. The average molecular weight is 339 g/mol. The third kappa shape index (κ3) is 4.79. The summed E-state index contributed by atoms with van der Waals surface area (Å²) in [7, 11) is 0. The summed E-state index contributed by atoms with van der Waals surface area (Å²) in [5.74, 6) is 0. The number of pyridine rings is 1. The lowest BCUT2D eigenvalue weighted by atomic mass is 9.80. The van der Waals surface area contributed by atoms with Gasteiger partial charge in [0.1, 0.15) is 0 Å². The fourth-order valence-corrected chi connectivity index (χ4v) is 2.99. The summed E-state index contributed by atoms with van der Waals surface area (Å²) in [5, 5.41) is 15.9. The van der Waals surface area contributed by atoms with Gasteiger partial charge in [0.15, 0.2) is 0 Å². The Bertz CT molecular complexity index is 697. The van der Waals surface area contributed by atoms with Crippen LogP contribution in [0.4, 0.5) is 4.79 Å². The van der Waals surface area contributed by atoms with Gasteiger partial charge in [-0.3, -0.25) is 4.98 Å². The lowest BCUT2D eigenvalue weighted by Gasteiger charge is -2.36. The van der Waals surface area contributed by atoms with E-state index in [0.717, 1.165) is 30.5 Å². The van der Waals surface area contributed by atoms with Crippen LogP contribution in [0.3, 0.4) is 0 Å². The van der Waals surface area contributed by atoms with Crippen molar-refractivity contribution in [2.24, 2.45) is 0 Å². The molecule has 1 aromatic carbocycles. The monoisotopic (exact) mass is 339 g/mol. The quantitative estimate of drug-likeness (QED) is 0.757. The van der Waals surface area contributed by atoms with Gasteiger partial charge in [0.25, 0.3) is 0 Å². The van der Waals surface area contributed by atoms with Crippen LogP contribution in [-0.2, 0) is 6.42 Å². The maximum Gasteiger partial charge on any atom is 0.315 e. The SMILES string of the molecule is Cc1ccc(CC(NC(=O)NCC2(O)CCC2)c2ccccn2)cc1. The van der Waals surface area contributed by atoms with E-state index in [1.165, 1.54) is 5.56 Å². The molecule has 1 aliphatic rings. The van der Waals surface area contributed by atoms with Crippen molar-refractivity contribution < 1.29 is 9.90 Å². The van der Waals surface area contributed by atoms with Crippen LogP contribution in [0, 0.1) is 6.92 Å². The van der Waals surface area contributed by atoms with Crippen molar-refractivity contribution in [2.45, 2.75) is 44.2 Å². The van der Waals surface area contributed by atoms with Crippen molar-refractivity contribution in [2.75, 3.05) is 6.54 Å². The van der Waals surface area contributed by atoms with Crippen molar-refractivity contribution in [1.82, 2.24) is 15.6 Å². The van der Waals surface area contributed by atoms with Crippen molar-refractivity contribution in [3.8, 4) is 0 Å². The molecular weight excluding hydrogens is 314 g/mol. The van der Waals surface area contributed by atoms with Crippen molar-refractivity contribution >= 4 is 6.03 Å². The van der Waals surface area contributed by atoms with Gasteiger partial charge in [-0.1, -0.05) is 35.9 Å². The predicted octanol–water partition coefficient (Wildman–Crippen LogP) is 2.89. The highest BCUT2D eigenvalue weighted by Crippen LogP contribution is 2.30. The molecule has 132 valence electrons. The minimum atomic E-state index is -0.727. The van der Waals surface area contributed by atoms with Gasteiger partial charge in [-0.05, 0) is 50.3 Å². The van der Waals surface area contributed by atoms with Crippen molar-refractivity contribution in [3.63, 3.8) is 0 Å². The zero-order valence-corrected chi connectivity index (χ0v) is 14.5. The minimum absolute atomic E-state index is 0.222. The molecule has 1 aliphatic carbocycles. The highest BCUT2D eigenvalue weighted by molar-refractivity contribution is 5.74. The Labute approximate surface area is 148 Å². The lowest BCUT2D eigenvalue weighted by molar-refractivity contribution is -0.0290. The summed E-state index contributed by atoms with van der Waals surface area (Å²) in [6.07, 6.45) is 4.91. The normalized spacial score (nSPS) is 16.6. The standard InChI is InChI=1S/C20H25N3O2/c1-15-6-8-16(9-7-15)13-18(17-5-2-3-12-21-17)23-19(24)22-14-20(25)10-4-11-20/h2-3,5-9,12,18,25H,4,10-11,13-14H2,1H3,(H2,22,23,24). The maximum atomic E-state index is 12.3. The number of urea groups is 1. The van der Waals surface area contributed by atoms with Gasteiger partial charge in [-0.2, -0.15) is 0 Å². The van der Waals surface area contributed by atoms with E-state index in [0.29, 0.717) is 6.42 Å². The number of aliphatic hydroxyl groups is 1. The van der Waals surface area contributed by atoms with Gasteiger partial charge >= 0.3 is 6.03 Å². The lowest BCUT2D eigenvalue weighted by Crippen LogP contribution is -2.50. The van der Waals surface area contributed by atoms with Gasteiger partial charge < -0.3 is 15.7 Å². The van der Waals surface area contributed by atoms with Crippen molar-refractivity contribution in [1.29, 1.82) is 0 Å². The van der Waals surface area contributed by atoms with Crippen molar-refractivity contribution in [3.05, 3.63) is 65.5 Å². The Morgan fingerprint density at radius 3 is 2.60 bits per heavy atom. The van der Waals surface area contributed by atoms with Crippen LogP contribution >= 0.6 is 0 Å². The molecule has 3 rings (SSSR count). The zero-order valence-electron chi connectivity index (χ0n) is 14.5. The van der Waals surface area contributed by atoms with E-state index >= 15 is 0 Å². The highest BCUT2D eigenvalue weighted by Gasteiger charge is 2.34. The Morgan fingerprint density at radius 2 is 2.00 bits per heavy atom. The zero-order chi connectivity index (χ0) is 17.7. The van der Waals surface area contributed by atoms with Crippen LogP contribution in [0.5, 0.6) is 0 Å². The van der Waals surface area contributed by atoms with Gasteiger partial charge in [0.2, 0.25) is 0 Å². The Morgan fingerprint density at radius 1 is 1.24 bits per heavy atom. The molecule has 0 aliphatic heterocycles. The Kier molecular flexibility index (Phi) is 5.34. The first-order valence-electron chi connectivity index (χ1n) is 8.77. The molecule has 0 saturated heterocycles. The summed E-state index contributed by atoms with van der Waals surface area (Å²) in [4.78, 5) is 16.7. The van der Waals surface area contributed by atoms with E-state index in [1.54, 1.807) is 6.20 Å². The van der Waals surface area contributed by atoms with E-state index in [9.17, 15) is 9.90 Å². The van der Waals surface area contributed by atoms with Gasteiger partial charge in [0.05, 0.1) is 17.3 Å². The first kappa shape index (κ1) is 17.4. The van der Waals surface area contributed by atoms with Crippen LogP contribution in [0.1, 0.15) is 42.1 Å². The molecule has 1 aromatic heterocycles. The number of carbonyl (C=O) groups excluding carboxylic acids is 1. The van der Waals surface area contributed by atoms with Gasteiger partial charge in [-0.25, -0.2) is 4.79 Å². The number of amides is 2. The largest absolute Gasteiger partial charge is 0.388 e. The number of nitrogens with zero attached hydrogens (tertiary/aromatic N) is 1. The molecule has 1 atom stereocenters. The maximum absolute atomic E-state index is 12.3. The second-order valence-electron chi connectivity index (χ2n) is 6.90. The Balaban J connectivity index is 1.65. The molecule has 2 amide bonds. The molecule has 1 heterocycles. The minimum Gasteiger partial charge on any atom is -0.388 e. The molecule has 3 N–H and O–H groups in total. The fraction of sp³-hybridized carbons (Fsp3) is 0.400.